The Bertz CT molecular complexity index is 202. The van der Waals surface area contributed by atoms with E-state index in [9.17, 15) is 4.79 Å². The van der Waals surface area contributed by atoms with Crippen molar-refractivity contribution in [3.63, 3.8) is 0 Å². The lowest BCUT2D eigenvalue weighted by atomic mass is 9.72. The summed E-state index contributed by atoms with van der Waals surface area (Å²) in [6.45, 7) is 2.48. The molecule has 2 atom stereocenters. The van der Waals surface area contributed by atoms with Gasteiger partial charge in [-0.05, 0) is 24.7 Å². The molecule has 1 saturated carbocycles. The summed E-state index contributed by atoms with van der Waals surface area (Å²) in [4.78, 5) is 10.8. The first-order valence-corrected chi connectivity index (χ1v) is 6.11. The predicted molar refractivity (Wildman–Crippen MR) is 60.5 cm³/mol. The van der Waals surface area contributed by atoms with Crippen LogP contribution in [0.4, 0.5) is 0 Å². The van der Waals surface area contributed by atoms with Crippen LogP contribution in [0.2, 0.25) is 0 Å². The quantitative estimate of drug-likeness (QED) is 0.681. The lowest BCUT2D eigenvalue weighted by Crippen LogP contribution is -2.26. The molecule has 0 aromatic rings. The number of carbonyl (C=O) groups is 1. The number of carboxylic acid groups (broad SMARTS) is 1. The zero-order valence-electron chi connectivity index (χ0n) is 9.61. The molecule has 0 aromatic heterocycles. The van der Waals surface area contributed by atoms with Gasteiger partial charge in [-0.2, -0.15) is 0 Å². The van der Waals surface area contributed by atoms with Gasteiger partial charge in [0, 0.05) is 6.54 Å². The van der Waals surface area contributed by atoms with Gasteiger partial charge in [0.15, 0.2) is 0 Å². The van der Waals surface area contributed by atoms with Gasteiger partial charge in [0.2, 0.25) is 0 Å². The predicted octanol–water partition coefficient (Wildman–Crippen LogP) is 2.25. The molecule has 0 amide bonds. The van der Waals surface area contributed by atoms with Gasteiger partial charge in [-0.1, -0.05) is 32.6 Å². The lowest BCUT2D eigenvalue weighted by Gasteiger charge is -2.33. The van der Waals surface area contributed by atoms with Crippen molar-refractivity contribution in [2.24, 2.45) is 23.5 Å². The molecule has 0 spiro atoms. The minimum absolute atomic E-state index is 0.274. The molecular weight excluding hydrogens is 190 g/mol. The van der Waals surface area contributed by atoms with Crippen molar-refractivity contribution >= 4 is 5.97 Å². The number of aliphatic carboxylic acids is 1. The van der Waals surface area contributed by atoms with Gasteiger partial charge in [0.05, 0.1) is 5.92 Å². The van der Waals surface area contributed by atoms with Crippen LogP contribution in [0.5, 0.6) is 0 Å². The van der Waals surface area contributed by atoms with Crippen LogP contribution < -0.4 is 5.73 Å². The average molecular weight is 213 g/mol. The molecule has 2 unspecified atom stereocenters. The number of nitrogens with two attached hydrogens (primary N) is 1. The Morgan fingerprint density at radius 1 is 1.47 bits per heavy atom. The number of rotatable bonds is 7. The fourth-order valence-electron chi connectivity index (χ4n) is 2.44. The Labute approximate surface area is 92.0 Å². The van der Waals surface area contributed by atoms with Crippen molar-refractivity contribution in [3.8, 4) is 0 Å². The van der Waals surface area contributed by atoms with Gasteiger partial charge in [-0.15, -0.1) is 0 Å². The van der Waals surface area contributed by atoms with Crippen LogP contribution in [0.3, 0.4) is 0 Å². The molecule has 0 heterocycles. The Hall–Kier alpha value is -0.570. The van der Waals surface area contributed by atoms with E-state index in [1.165, 1.54) is 25.7 Å². The molecule has 3 heteroatoms. The minimum Gasteiger partial charge on any atom is -0.481 e. The third-order valence-electron chi connectivity index (χ3n) is 3.86. The monoisotopic (exact) mass is 213 g/mol. The van der Waals surface area contributed by atoms with E-state index in [0.29, 0.717) is 0 Å². The summed E-state index contributed by atoms with van der Waals surface area (Å²) >= 11 is 0. The van der Waals surface area contributed by atoms with Crippen LogP contribution in [0.1, 0.15) is 45.4 Å². The van der Waals surface area contributed by atoms with Crippen molar-refractivity contribution in [3.05, 3.63) is 0 Å². The molecule has 3 nitrogen and oxygen atoms in total. The SMILES string of the molecule is CCC(CCC(CN)C(=O)O)C1CCC1. The average Bonchev–Trinajstić information content (AvgIpc) is 2.13. The van der Waals surface area contributed by atoms with Crippen LogP contribution in [-0.4, -0.2) is 17.6 Å². The largest absolute Gasteiger partial charge is 0.481 e. The molecule has 88 valence electrons. The van der Waals surface area contributed by atoms with Crippen molar-refractivity contribution in [2.75, 3.05) is 6.54 Å². The van der Waals surface area contributed by atoms with Crippen molar-refractivity contribution in [1.82, 2.24) is 0 Å². The van der Waals surface area contributed by atoms with Gasteiger partial charge < -0.3 is 10.8 Å². The molecule has 0 saturated heterocycles. The van der Waals surface area contributed by atoms with Crippen molar-refractivity contribution < 1.29 is 9.90 Å². The molecule has 1 aliphatic rings. The Balaban J connectivity index is 2.28. The second-order valence-electron chi connectivity index (χ2n) is 4.71. The topological polar surface area (TPSA) is 63.3 Å². The van der Waals surface area contributed by atoms with E-state index in [2.05, 4.69) is 6.92 Å². The fourth-order valence-corrected chi connectivity index (χ4v) is 2.44. The van der Waals surface area contributed by atoms with Gasteiger partial charge in [0.1, 0.15) is 0 Å². The van der Waals surface area contributed by atoms with Crippen LogP contribution in [0, 0.1) is 17.8 Å². The smallest absolute Gasteiger partial charge is 0.307 e. The summed E-state index contributed by atoms with van der Waals surface area (Å²) in [5.74, 6) is 0.523. The first kappa shape index (κ1) is 12.5. The molecule has 0 aliphatic heterocycles. The van der Waals surface area contributed by atoms with E-state index in [1.807, 2.05) is 0 Å². The van der Waals surface area contributed by atoms with Gasteiger partial charge in [-0.25, -0.2) is 0 Å². The first-order chi connectivity index (χ1) is 7.19. The fraction of sp³-hybridized carbons (Fsp3) is 0.917. The van der Waals surface area contributed by atoms with E-state index in [1.54, 1.807) is 0 Å². The molecular formula is C12H23NO2. The zero-order valence-corrected chi connectivity index (χ0v) is 9.61. The maximum atomic E-state index is 10.8. The molecule has 1 aliphatic carbocycles. The van der Waals surface area contributed by atoms with Gasteiger partial charge in [0.25, 0.3) is 0 Å². The summed E-state index contributed by atoms with van der Waals surface area (Å²) in [6, 6.07) is 0. The highest BCUT2D eigenvalue weighted by molar-refractivity contribution is 5.70. The van der Waals surface area contributed by atoms with E-state index in [-0.39, 0.29) is 12.5 Å². The molecule has 15 heavy (non-hydrogen) atoms. The summed E-state index contributed by atoms with van der Waals surface area (Å²) in [7, 11) is 0. The number of carboxylic acids is 1. The Morgan fingerprint density at radius 2 is 2.13 bits per heavy atom. The third kappa shape index (κ3) is 3.49. The standard InChI is InChI=1S/C12H23NO2/c1-2-9(10-4-3-5-10)6-7-11(8-13)12(14)15/h9-11H,2-8,13H2,1H3,(H,14,15). The Morgan fingerprint density at radius 3 is 2.47 bits per heavy atom. The van der Waals surface area contributed by atoms with Crippen LogP contribution in [0.25, 0.3) is 0 Å². The highest BCUT2D eigenvalue weighted by atomic mass is 16.4. The zero-order chi connectivity index (χ0) is 11.3. The third-order valence-corrected chi connectivity index (χ3v) is 3.86. The molecule has 0 radical (unpaired) electrons. The van der Waals surface area contributed by atoms with E-state index >= 15 is 0 Å². The van der Waals surface area contributed by atoms with Crippen LogP contribution in [-0.2, 0) is 4.79 Å². The maximum Gasteiger partial charge on any atom is 0.307 e. The van der Waals surface area contributed by atoms with E-state index in [0.717, 1.165) is 24.7 Å². The number of hydrogen-bond acceptors (Lipinski definition) is 2. The molecule has 1 fully saturated rings. The van der Waals surface area contributed by atoms with Crippen LogP contribution >= 0.6 is 0 Å². The highest BCUT2D eigenvalue weighted by Gasteiger charge is 2.27. The summed E-state index contributed by atoms with van der Waals surface area (Å²) in [6.07, 6.45) is 7.02. The summed E-state index contributed by atoms with van der Waals surface area (Å²) < 4.78 is 0. The summed E-state index contributed by atoms with van der Waals surface area (Å²) in [5.41, 5.74) is 5.44. The highest BCUT2D eigenvalue weighted by Crippen LogP contribution is 2.37. The van der Waals surface area contributed by atoms with E-state index < -0.39 is 5.97 Å². The first-order valence-electron chi connectivity index (χ1n) is 6.11. The number of hydrogen-bond donors (Lipinski definition) is 2. The van der Waals surface area contributed by atoms with Crippen molar-refractivity contribution in [2.45, 2.75) is 45.4 Å². The minimum atomic E-state index is -0.735. The Kier molecular flexibility index (Phi) is 5.09. The molecule has 0 aromatic carbocycles. The molecule has 1 rings (SSSR count). The second kappa shape index (κ2) is 6.11. The maximum absolute atomic E-state index is 10.8. The van der Waals surface area contributed by atoms with Gasteiger partial charge in [-0.3, -0.25) is 4.79 Å². The second-order valence-corrected chi connectivity index (χ2v) is 4.71. The van der Waals surface area contributed by atoms with Gasteiger partial charge >= 0.3 is 5.97 Å². The molecule has 3 N–H and O–H groups in total. The van der Waals surface area contributed by atoms with Crippen molar-refractivity contribution in [1.29, 1.82) is 0 Å². The normalized spacial score (nSPS) is 20.7. The molecule has 0 bridgehead atoms. The van der Waals surface area contributed by atoms with Crippen LogP contribution in [0.15, 0.2) is 0 Å². The summed E-state index contributed by atoms with van der Waals surface area (Å²) in [5, 5.41) is 8.89. The van der Waals surface area contributed by atoms with E-state index in [4.69, 9.17) is 10.8 Å². The lowest BCUT2D eigenvalue weighted by molar-refractivity contribution is -0.141.